The molecule has 0 unspecified atom stereocenters. The van der Waals surface area contributed by atoms with Gasteiger partial charge in [0.1, 0.15) is 0 Å². The van der Waals surface area contributed by atoms with E-state index in [1.165, 1.54) is 98.4 Å². The summed E-state index contributed by atoms with van der Waals surface area (Å²) >= 11 is 0. The summed E-state index contributed by atoms with van der Waals surface area (Å²) in [6.45, 7) is 0. The Bertz CT molecular complexity index is 2590. The Labute approximate surface area is 255 Å². The molecule has 44 heavy (non-hydrogen) atoms. The molecular weight excluding hydrogens is 528 g/mol. The molecule has 0 aliphatic heterocycles. The molecule has 202 valence electrons. The van der Waals surface area contributed by atoms with Crippen LogP contribution in [0.2, 0.25) is 0 Å². The van der Waals surface area contributed by atoms with Crippen molar-refractivity contribution in [2.24, 2.45) is 0 Å². The first-order valence-corrected chi connectivity index (χ1v) is 15.4. The monoisotopic (exact) mass is 554 g/mol. The molecule has 1 aliphatic carbocycles. The van der Waals surface area contributed by atoms with Crippen LogP contribution in [0, 0.1) is 0 Å². The molecule has 0 nitrogen and oxygen atoms in total. The van der Waals surface area contributed by atoms with E-state index >= 15 is 0 Å². The van der Waals surface area contributed by atoms with Gasteiger partial charge in [0.05, 0.1) is 0 Å². The van der Waals surface area contributed by atoms with E-state index in [0.717, 1.165) is 0 Å². The predicted molar refractivity (Wildman–Crippen MR) is 189 cm³/mol. The molecule has 0 heteroatoms. The van der Waals surface area contributed by atoms with E-state index in [1.807, 2.05) is 0 Å². The van der Waals surface area contributed by atoms with Crippen LogP contribution in [0.5, 0.6) is 0 Å². The zero-order valence-corrected chi connectivity index (χ0v) is 24.0. The van der Waals surface area contributed by atoms with E-state index in [2.05, 4.69) is 158 Å². The van der Waals surface area contributed by atoms with Crippen LogP contribution in [0.15, 0.2) is 158 Å². The highest BCUT2D eigenvalue weighted by Gasteiger charge is 2.23. The molecule has 0 radical (unpaired) electrons. The lowest BCUT2D eigenvalue weighted by atomic mass is 9.84. The molecule has 1 aliphatic rings. The van der Waals surface area contributed by atoms with Gasteiger partial charge in [0.2, 0.25) is 0 Å². The predicted octanol–water partition coefficient (Wildman–Crippen LogP) is 12.4. The number of rotatable bonds is 2. The second-order valence-corrected chi connectivity index (χ2v) is 12.0. The molecule has 0 fully saturated rings. The third-order valence-corrected chi connectivity index (χ3v) is 9.76. The third-order valence-electron chi connectivity index (χ3n) is 9.76. The molecule has 0 N–H and O–H groups in total. The van der Waals surface area contributed by atoms with Gasteiger partial charge in [-0.2, -0.15) is 0 Å². The second-order valence-electron chi connectivity index (χ2n) is 12.0. The third kappa shape index (κ3) is 3.23. The number of hydrogen-bond acceptors (Lipinski definition) is 0. The van der Waals surface area contributed by atoms with E-state index < -0.39 is 0 Å². The Morgan fingerprint density at radius 1 is 0.250 bits per heavy atom. The van der Waals surface area contributed by atoms with E-state index in [4.69, 9.17) is 0 Å². The van der Waals surface area contributed by atoms with E-state index in [0.29, 0.717) is 0 Å². The minimum Gasteiger partial charge on any atom is -0.0616 e. The van der Waals surface area contributed by atoms with Crippen molar-refractivity contribution in [2.75, 3.05) is 0 Å². The normalized spacial score (nSPS) is 12.1. The number of benzene rings is 9. The molecule has 0 saturated carbocycles. The van der Waals surface area contributed by atoms with Gasteiger partial charge in [-0.05, 0) is 111 Å². The second kappa shape index (κ2) is 8.89. The molecule has 0 spiro atoms. The Balaban J connectivity index is 1.25. The van der Waals surface area contributed by atoms with Crippen molar-refractivity contribution >= 4 is 53.9 Å². The van der Waals surface area contributed by atoms with Crippen LogP contribution >= 0.6 is 0 Å². The minimum absolute atomic E-state index is 1.25. The molecule has 9 aromatic rings. The van der Waals surface area contributed by atoms with Crippen LogP contribution in [0.25, 0.3) is 98.4 Å². The zero-order valence-electron chi connectivity index (χ0n) is 24.0. The maximum Gasteiger partial charge on any atom is -0.00261 e. The highest BCUT2D eigenvalue weighted by molar-refractivity contribution is 6.23. The first kappa shape index (κ1) is 23.8. The Morgan fingerprint density at radius 2 is 0.750 bits per heavy atom. The summed E-state index contributed by atoms with van der Waals surface area (Å²) in [5.41, 5.74) is 10.5. The molecule has 0 atom stereocenters. The highest BCUT2D eigenvalue weighted by Crippen LogP contribution is 2.50. The fraction of sp³-hybridized carbons (Fsp3) is 0. The van der Waals surface area contributed by atoms with Gasteiger partial charge in [0.15, 0.2) is 0 Å². The van der Waals surface area contributed by atoms with Gasteiger partial charge >= 0.3 is 0 Å². The van der Waals surface area contributed by atoms with Crippen LogP contribution in [0.1, 0.15) is 0 Å². The lowest BCUT2D eigenvalue weighted by Crippen LogP contribution is -1.91. The summed E-state index contributed by atoms with van der Waals surface area (Å²) in [5.74, 6) is 0. The number of hydrogen-bond donors (Lipinski definition) is 0. The fourth-order valence-corrected chi connectivity index (χ4v) is 7.87. The van der Waals surface area contributed by atoms with Crippen molar-refractivity contribution in [3.8, 4) is 44.5 Å². The average Bonchev–Trinajstić information content (AvgIpc) is 3.41. The van der Waals surface area contributed by atoms with Crippen LogP contribution in [-0.2, 0) is 0 Å². The van der Waals surface area contributed by atoms with E-state index in [9.17, 15) is 0 Å². The average molecular weight is 555 g/mol. The molecule has 0 amide bonds. The highest BCUT2D eigenvalue weighted by atomic mass is 14.3. The SMILES string of the molecule is c1cc2c3c(cccc3c1)-c1cc(-c3c4ccccc4c(-c4ccc5c(ccc6ccccc65)c4)c4ccccc34)ccc1-2. The van der Waals surface area contributed by atoms with Gasteiger partial charge in [-0.25, -0.2) is 0 Å². The van der Waals surface area contributed by atoms with Crippen molar-refractivity contribution in [3.05, 3.63) is 158 Å². The van der Waals surface area contributed by atoms with Gasteiger partial charge < -0.3 is 0 Å². The van der Waals surface area contributed by atoms with Crippen LogP contribution < -0.4 is 0 Å². The van der Waals surface area contributed by atoms with Gasteiger partial charge in [-0.3, -0.25) is 0 Å². The molecule has 0 saturated heterocycles. The fourth-order valence-electron chi connectivity index (χ4n) is 7.87. The van der Waals surface area contributed by atoms with Crippen molar-refractivity contribution in [1.29, 1.82) is 0 Å². The maximum absolute atomic E-state index is 2.43. The summed E-state index contributed by atoms with van der Waals surface area (Å²) in [7, 11) is 0. The van der Waals surface area contributed by atoms with Gasteiger partial charge in [-0.1, -0.05) is 146 Å². The Kier molecular flexibility index (Phi) is 4.81. The summed E-state index contributed by atoms with van der Waals surface area (Å²) < 4.78 is 0. The van der Waals surface area contributed by atoms with Gasteiger partial charge in [-0.15, -0.1) is 0 Å². The first-order chi connectivity index (χ1) is 21.8. The molecule has 0 bridgehead atoms. The van der Waals surface area contributed by atoms with Crippen molar-refractivity contribution < 1.29 is 0 Å². The van der Waals surface area contributed by atoms with Crippen molar-refractivity contribution in [1.82, 2.24) is 0 Å². The summed E-state index contributed by atoms with van der Waals surface area (Å²) in [5, 5.41) is 13.0. The van der Waals surface area contributed by atoms with Crippen LogP contribution in [-0.4, -0.2) is 0 Å². The van der Waals surface area contributed by atoms with Crippen molar-refractivity contribution in [2.45, 2.75) is 0 Å². The molecule has 0 aromatic heterocycles. The summed E-state index contributed by atoms with van der Waals surface area (Å²) in [6.07, 6.45) is 0. The summed E-state index contributed by atoms with van der Waals surface area (Å²) in [6, 6.07) is 58.6. The standard InChI is InChI=1S/C44H26/c1-2-12-32-27(9-1)19-20-29-25-30(21-23-33(29)32)43-36-13-3-5-15-38(36)44(39-16-6-4-14-37(39)43)31-22-24-34-35-17-7-10-28-11-8-18-40(42(28)35)41(34)26-31/h1-26H. The Hall–Kier alpha value is -5.72. The first-order valence-electron chi connectivity index (χ1n) is 15.4. The van der Waals surface area contributed by atoms with E-state index in [-0.39, 0.29) is 0 Å². The number of fused-ring (bicyclic) bond motifs is 8. The zero-order chi connectivity index (χ0) is 28.8. The largest absolute Gasteiger partial charge is 0.0616 e. The van der Waals surface area contributed by atoms with Crippen LogP contribution in [0.4, 0.5) is 0 Å². The van der Waals surface area contributed by atoms with Gasteiger partial charge in [0.25, 0.3) is 0 Å². The summed E-state index contributed by atoms with van der Waals surface area (Å²) in [4.78, 5) is 0. The maximum atomic E-state index is 2.43. The van der Waals surface area contributed by atoms with Gasteiger partial charge in [0, 0.05) is 0 Å². The van der Waals surface area contributed by atoms with E-state index in [1.54, 1.807) is 0 Å². The van der Waals surface area contributed by atoms with Crippen LogP contribution in [0.3, 0.4) is 0 Å². The minimum atomic E-state index is 1.25. The molecule has 9 aromatic carbocycles. The molecular formula is C44H26. The Morgan fingerprint density at radius 3 is 1.43 bits per heavy atom. The lowest BCUT2D eigenvalue weighted by Gasteiger charge is -2.19. The molecule has 0 heterocycles. The van der Waals surface area contributed by atoms with Crippen molar-refractivity contribution in [3.63, 3.8) is 0 Å². The lowest BCUT2D eigenvalue weighted by molar-refractivity contribution is 1.66. The quantitative estimate of drug-likeness (QED) is 0.147. The topological polar surface area (TPSA) is 0 Å². The smallest absolute Gasteiger partial charge is 0.00261 e. The molecule has 10 rings (SSSR count).